The van der Waals surface area contributed by atoms with Crippen molar-refractivity contribution in [3.05, 3.63) is 64.9 Å². The number of hydrogen-bond acceptors (Lipinski definition) is 4. The minimum atomic E-state index is -0.817. The maximum absolute atomic E-state index is 12.6. The first-order valence-electron chi connectivity index (χ1n) is 8.48. The molecule has 7 heteroatoms. The molecule has 2 aromatic rings. The number of hydrogen-bond donors (Lipinski definition) is 2. The topological polar surface area (TPSA) is 80.3 Å². The van der Waals surface area contributed by atoms with Crippen molar-refractivity contribution < 1.29 is 14.3 Å². The number of carbonyl (C=O) groups excluding carboxylic acids is 2. The third kappa shape index (κ3) is 4.59. The van der Waals surface area contributed by atoms with Gasteiger partial charge >= 0.3 is 0 Å². The molecule has 0 spiro atoms. The molecule has 0 unspecified atom stereocenters. The van der Waals surface area contributed by atoms with Gasteiger partial charge < -0.3 is 15.4 Å². The number of carbonyl (C=O) groups is 2. The number of aryl methyl sites for hydroxylation is 1. The van der Waals surface area contributed by atoms with E-state index in [-0.39, 0.29) is 18.4 Å². The fourth-order valence-corrected chi connectivity index (χ4v) is 3.13. The molecular formula is C19H20ClN3O3. The number of amides is 2. The molecule has 1 aromatic carbocycles. The highest BCUT2D eigenvalue weighted by atomic mass is 35.5. The molecule has 1 aliphatic rings. The van der Waals surface area contributed by atoms with Gasteiger partial charge in [0.15, 0.2) is 6.10 Å². The van der Waals surface area contributed by atoms with Crippen LogP contribution in [0.15, 0.2) is 48.7 Å². The summed E-state index contributed by atoms with van der Waals surface area (Å²) < 4.78 is 5.49. The summed E-state index contributed by atoms with van der Waals surface area (Å²) in [6.45, 7) is 0.353. The zero-order valence-electron chi connectivity index (χ0n) is 14.2. The zero-order valence-corrected chi connectivity index (χ0v) is 14.9. The minimum Gasteiger partial charge on any atom is -0.356 e. The molecule has 1 aromatic heterocycles. The van der Waals surface area contributed by atoms with Crippen LogP contribution in [0.3, 0.4) is 0 Å². The van der Waals surface area contributed by atoms with Crippen LogP contribution < -0.4 is 10.6 Å². The molecule has 1 aliphatic heterocycles. The summed E-state index contributed by atoms with van der Waals surface area (Å²) in [5.74, 6) is -0.537. The molecule has 2 amide bonds. The van der Waals surface area contributed by atoms with Gasteiger partial charge in [-0.25, -0.2) is 0 Å². The Bertz CT molecular complexity index is 770. The number of nitrogens with one attached hydrogen (secondary N) is 2. The van der Waals surface area contributed by atoms with Gasteiger partial charge in [-0.15, -0.1) is 0 Å². The van der Waals surface area contributed by atoms with Crippen LogP contribution in [0.2, 0.25) is 5.02 Å². The Morgan fingerprint density at radius 2 is 2.08 bits per heavy atom. The Morgan fingerprint density at radius 1 is 1.27 bits per heavy atom. The number of halogens is 1. The van der Waals surface area contributed by atoms with Crippen molar-refractivity contribution in [2.24, 2.45) is 0 Å². The largest absolute Gasteiger partial charge is 0.356 e. The summed E-state index contributed by atoms with van der Waals surface area (Å²) in [6.07, 6.45) is 2.47. The summed E-state index contributed by atoms with van der Waals surface area (Å²) in [6, 6.07) is 12.3. The number of aromatic nitrogens is 1. The molecule has 0 radical (unpaired) electrons. The van der Waals surface area contributed by atoms with Crippen LogP contribution in [-0.4, -0.2) is 36.1 Å². The van der Waals surface area contributed by atoms with E-state index in [0.717, 1.165) is 18.5 Å². The minimum absolute atomic E-state index is 0.146. The second-order valence-electron chi connectivity index (χ2n) is 6.01. The lowest BCUT2D eigenvalue weighted by Crippen LogP contribution is -2.52. The summed E-state index contributed by atoms with van der Waals surface area (Å²) in [5, 5.41) is 6.15. The van der Waals surface area contributed by atoms with Crippen LogP contribution in [-0.2, 0) is 20.7 Å². The van der Waals surface area contributed by atoms with E-state index >= 15 is 0 Å². The van der Waals surface area contributed by atoms with E-state index in [2.05, 4.69) is 15.6 Å². The van der Waals surface area contributed by atoms with Crippen LogP contribution in [0.5, 0.6) is 0 Å². The van der Waals surface area contributed by atoms with Gasteiger partial charge in [0, 0.05) is 23.5 Å². The predicted molar refractivity (Wildman–Crippen MR) is 97.6 cm³/mol. The van der Waals surface area contributed by atoms with E-state index in [0.29, 0.717) is 17.1 Å². The van der Waals surface area contributed by atoms with Gasteiger partial charge in [-0.05, 0) is 36.6 Å². The lowest BCUT2D eigenvalue weighted by molar-refractivity contribution is -0.148. The Morgan fingerprint density at radius 3 is 2.85 bits per heavy atom. The molecule has 136 valence electrons. The summed E-state index contributed by atoms with van der Waals surface area (Å²) in [7, 11) is 0. The lowest BCUT2D eigenvalue weighted by atomic mass is 9.99. The molecular weight excluding hydrogens is 354 g/mol. The first-order chi connectivity index (χ1) is 12.6. The van der Waals surface area contributed by atoms with Gasteiger partial charge in [0.25, 0.3) is 5.91 Å². The third-order valence-corrected chi connectivity index (χ3v) is 4.49. The SMILES string of the molecule is O=C1CO[C@H](C(=O)NCCCc2ccccn2)[C@@H](c2ccccc2Cl)N1. The first kappa shape index (κ1) is 18.4. The summed E-state index contributed by atoms with van der Waals surface area (Å²) in [4.78, 5) is 28.5. The maximum Gasteiger partial charge on any atom is 0.251 e. The highest BCUT2D eigenvalue weighted by Crippen LogP contribution is 2.28. The molecule has 2 N–H and O–H groups in total. The summed E-state index contributed by atoms with van der Waals surface area (Å²) >= 11 is 6.22. The Hall–Kier alpha value is -2.44. The number of ether oxygens (including phenoxy) is 1. The Balaban J connectivity index is 1.59. The Labute approximate surface area is 156 Å². The number of nitrogens with zero attached hydrogens (tertiary/aromatic N) is 1. The molecule has 1 saturated heterocycles. The fourth-order valence-electron chi connectivity index (χ4n) is 2.88. The van der Waals surface area contributed by atoms with Gasteiger partial charge in [-0.2, -0.15) is 0 Å². The Kier molecular flexibility index (Phi) is 6.20. The highest BCUT2D eigenvalue weighted by molar-refractivity contribution is 6.31. The highest BCUT2D eigenvalue weighted by Gasteiger charge is 2.36. The monoisotopic (exact) mass is 373 g/mol. The molecule has 1 fully saturated rings. The first-order valence-corrected chi connectivity index (χ1v) is 8.86. The van der Waals surface area contributed by atoms with Gasteiger partial charge in [0.2, 0.25) is 5.91 Å². The van der Waals surface area contributed by atoms with Gasteiger partial charge in [0.05, 0.1) is 6.04 Å². The van der Waals surface area contributed by atoms with E-state index in [9.17, 15) is 9.59 Å². The smallest absolute Gasteiger partial charge is 0.251 e. The van der Waals surface area contributed by atoms with E-state index in [1.807, 2.05) is 24.3 Å². The van der Waals surface area contributed by atoms with Crippen LogP contribution >= 0.6 is 11.6 Å². The quantitative estimate of drug-likeness (QED) is 0.759. The average Bonchev–Trinajstić information content (AvgIpc) is 2.66. The zero-order chi connectivity index (χ0) is 18.4. The average molecular weight is 374 g/mol. The van der Waals surface area contributed by atoms with Gasteiger partial charge in [-0.3, -0.25) is 14.6 Å². The normalized spacial score (nSPS) is 19.7. The van der Waals surface area contributed by atoms with Crippen LogP contribution in [0.1, 0.15) is 23.7 Å². The number of rotatable bonds is 6. The van der Waals surface area contributed by atoms with Crippen LogP contribution in [0.4, 0.5) is 0 Å². The van der Waals surface area contributed by atoms with Gasteiger partial charge in [0.1, 0.15) is 6.61 Å². The van der Waals surface area contributed by atoms with Crippen LogP contribution in [0.25, 0.3) is 0 Å². The molecule has 3 rings (SSSR count). The molecule has 2 atom stereocenters. The number of morpholine rings is 1. The van der Waals surface area contributed by atoms with Crippen molar-refractivity contribution in [3.8, 4) is 0 Å². The van der Waals surface area contributed by atoms with Crippen LogP contribution in [0, 0.1) is 0 Å². The molecule has 0 saturated carbocycles. The van der Waals surface area contributed by atoms with Crippen molar-refractivity contribution in [2.45, 2.75) is 25.0 Å². The van der Waals surface area contributed by atoms with Crippen molar-refractivity contribution >= 4 is 23.4 Å². The maximum atomic E-state index is 12.6. The third-order valence-electron chi connectivity index (χ3n) is 4.15. The van der Waals surface area contributed by atoms with E-state index in [4.69, 9.17) is 16.3 Å². The summed E-state index contributed by atoms with van der Waals surface area (Å²) in [5.41, 5.74) is 1.65. The standard InChI is InChI=1S/C19H20ClN3O3/c20-15-9-2-1-8-14(15)17-18(26-12-16(24)23-17)19(25)22-11-5-7-13-6-3-4-10-21-13/h1-4,6,8-10,17-18H,5,7,11-12H2,(H,22,25)(H,23,24)/t17-,18+/m1/s1. The van der Waals surface area contributed by atoms with Crippen molar-refractivity contribution in [2.75, 3.05) is 13.2 Å². The predicted octanol–water partition coefficient (Wildman–Crippen LogP) is 2.04. The van der Waals surface area contributed by atoms with Crippen molar-refractivity contribution in [1.29, 1.82) is 0 Å². The van der Waals surface area contributed by atoms with E-state index in [1.54, 1.807) is 24.4 Å². The number of pyridine rings is 1. The lowest BCUT2D eigenvalue weighted by Gasteiger charge is -2.32. The number of benzene rings is 1. The second kappa shape index (κ2) is 8.78. The molecule has 0 aliphatic carbocycles. The molecule has 0 bridgehead atoms. The molecule has 6 nitrogen and oxygen atoms in total. The fraction of sp³-hybridized carbons (Fsp3) is 0.316. The molecule has 2 heterocycles. The van der Waals surface area contributed by atoms with Crippen molar-refractivity contribution in [3.63, 3.8) is 0 Å². The van der Waals surface area contributed by atoms with E-state index in [1.165, 1.54) is 0 Å². The van der Waals surface area contributed by atoms with Gasteiger partial charge in [-0.1, -0.05) is 35.9 Å². The second-order valence-corrected chi connectivity index (χ2v) is 6.42. The molecule has 26 heavy (non-hydrogen) atoms. The van der Waals surface area contributed by atoms with E-state index < -0.39 is 12.1 Å². The van der Waals surface area contributed by atoms with Crippen molar-refractivity contribution in [1.82, 2.24) is 15.6 Å².